The standard InChI is InChI=1S/C8H10N4O2/c1-11-3-2-7(8(11)14)12-4-6(5-13)9-10-12/h4-5,7H,2-3H2,1H3. The van der Waals surface area contributed by atoms with E-state index in [1.807, 2.05) is 0 Å². The van der Waals surface area contributed by atoms with Crippen LogP contribution in [0.15, 0.2) is 6.20 Å². The molecule has 0 bridgehead atoms. The highest BCUT2D eigenvalue weighted by atomic mass is 16.2. The van der Waals surface area contributed by atoms with Crippen molar-refractivity contribution in [3.05, 3.63) is 11.9 Å². The second-order valence-electron chi connectivity index (χ2n) is 3.31. The Labute approximate surface area is 80.5 Å². The molecule has 14 heavy (non-hydrogen) atoms. The average molecular weight is 194 g/mol. The summed E-state index contributed by atoms with van der Waals surface area (Å²) in [6.07, 6.45) is 2.83. The molecule has 1 aromatic heterocycles. The Bertz CT molecular complexity index is 373. The maximum absolute atomic E-state index is 11.6. The Balaban J connectivity index is 2.23. The van der Waals surface area contributed by atoms with E-state index in [9.17, 15) is 9.59 Å². The molecule has 1 unspecified atom stereocenters. The first-order valence-electron chi connectivity index (χ1n) is 4.34. The van der Waals surface area contributed by atoms with Crippen LogP contribution in [0.2, 0.25) is 0 Å². The molecular formula is C8H10N4O2. The number of nitrogens with zero attached hydrogens (tertiary/aromatic N) is 4. The fourth-order valence-corrected chi connectivity index (χ4v) is 1.55. The minimum absolute atomic E-state index is 0.0207. The summed E-state index contributed by atoms with van der Waals surface area (Å²) in [7, 11) is 1.75. The maximum Gasteiger partial charge on any atom is 0.247 e. The van der Waals surface area contributed by atoms with Crippen molar-refractivity contribution in [1.29, 1.82) is 0 Å². The van der Waals surface area contributed by atoms with Crippen molar-refractivity contribution < 1.29 is 9.59 Å². The molecular weight excluding hydrogens is 184 g/mol. The number of hydrogen-bond donors (Lipinski definition) is 0. The van der Waals surface area contributed by atoms with Crippen molar-refractivity contribution in [2.45, 2.75) is 12.5 Å². The normalized spacial score (nSPS) is 21.6. The minimum atomic E-state index is -0.291. The topological polar surface area (TPSA) is 68.1 Å². The van der Waals surface area contributed by atoms with E-state index in [2.05, 4.69) is 10.3 Å². The molecule has 0 N–H and O–H groups in total. The zero-order valence-electron chi connectivity index (χ0n) is 7.75. The van der Waals surface area contributed by atoms with Gasteiger partial charge in [0.15, 0.2) is 6.29 Å². The van der Waals surface area contributed by atoms with E-state index in [1.54, 1.807) is 11.9 Å². The summed E-state index contributed by atoms with van der Waals surface area (Å²) >= 11 is 0. The summed E-state index contributed by atoms with van der Waals surface area (Å²) in [6.45, 7) is 0.722. The molecule has 1 amide bonds. The lowest BCUT2D eigenvalue weighted by Crippen LogP contribution is -2.24. The second kappa shape index (κ2) is 3.21. The summed E-state index contributed by atoms with van der Waals surface area (Å²) in [5.74, 6) is 0.0207. The number of aldehydes is 1. The second-order valence-corrected chi connectivity index (χ2v) is 3.31. The van der Waals surface area contributed by atoms with Gasteiger partial charge in [0.05, 0.1) is 6.20 Å². The van der Waals surface area contributed by atoms with Gasteiger partial charge >= 0.3 is 0 Å². The predicted octanol–water partition coefficient (Wildman–Crippen LogP) is -0.506. The molecule has 0 spiro atoms. The molecule has 1 aromatic rings. The Morgan fingerprint density at radius 1 is 1.64 bits per heavy atom. The van der Waals surface area contributed by atoms with Crippen molar-refractivity contribution in [2.75, 3.05) is 13.6 Å². The molecule has 0 saturated carbocycles. The van der Waals surface area contributed by atoms with Crippen LogP contribution in [0.3, 0.4) is 0 Å². The minimum Gasteiger partial charge on any atom is -0.344 e. The highest BCUT2D eigenvalue weighted by Crippen LogP contribution is 2.20. The van der Waals surface area contributed by atoms with Gasteiger partial charge in [0.25, 0.3) is 0 Å². The van der Waals surface area contributed by atoms with Gasteiger partial charge < -0.3 is 4.90 Å². The fraction of sp³-hybridized carbons (Fsp3) is 0.500. The SMILES string of the molecule is CN1CCC(n2cc(C=O)nn2)C1=O. The van der Waals surface area contributed by atoms with E-state index in [4.69, 9.17) is 0 Å². The molecule has 0 aromatic carbocycles. The summed E-state index contributed by atoms with van der Waals surface area (Å²) < 4.78 is 1.45. The molecule has 1 fully saturated rings. The van der Waals surface area contributed by atoms with Gasteiger partial charge in [-0.25, -0.2) is 4.68 Å². The van der Waals surface area contributed by atoms with Crippen molar-refractivity contribution in [3.63, 3.8) is 0 Å². The highest BCUT2D eigenvalue weighted by molar-refractivity contribution is 5.82. The van der Waals surface area contributed by atoms with Gasteiger partial charge in [0.1, 0.15) is 11.7 Å². The van der Waals surface area contributed by atoms with E-state index < -0.39 is 0 Å². The molecule has 2 rings (SSSR count). The lowest BCUT2D eigenvalue weighted by Gasteiger charge is -2.09. The molecule has 1 saturated heterocycles. The van der Waals surface area contributed by atoms with E-state index in [1.165, 1.54) is 10.9 Å². The number of hydrogen-bond acceptors (Lipinski definition) is 4. The average Bonchev–Trinajstić information content (AvgIpc) is 2.75. The first-order valence-corrected chi connectivity index (χ1v) is 4.34. The van der Waals surface area contributed by atoms with Crippen LogP contribution in [-0.4, -0.2) is 45.7 Å². The van der Waals surface area contributed by atoms with E-state index in [-0.39, 0.29) is 17.6 Å². The van der Waals surface area contributed by atoms with Gasteiger partial charge in [0, 0.05) is 13.6 Å². The van der Waals surface area contributed by atoms with Crippen molar-refractivity contribution in [2.24, 2.45) is 0 Å². The van der Waals surface area contributed by atoms with Crippen molar-refractivity contribution in [3.8, 4) is 0 Å². The van der Waals surface area contributed by atoms with Gasteiger partial charge in [-0.05, 0) is 6.42 Å². The molecule has 6 nitrogen and oxygen atoms in total. The molecule has 6 heteroatoms. The van der Waals surface area contributed by atoms with Gasteiger partial charge in [-0.1, -0.05) is 5.21 Å². The monoisotopic (exact) mass is 194 g/mol. The zero-order valence-corrected chi connectivity index (χ0v) is 7.75. The number of carbonyl (C=O) groups excluding carboxylic acids is 2. The predicted molar refractivity (Wildman–Crippen MR) is 46.7 cm³/mol. The third kappa shape index (κ3) is 1.28. The Morgan fingerprint density at radius 2 is 2.43 bits per heavy atom. The molecule has 2 heterocycles. The van der Waals surface area contributed by atoms with E-state index in [0.717, 1.165) is 13.0 Å². The molecule has 1 aliphatic rings. The number of amides is 1. The third-order valence-electron chi connectivity index (χ3n) is 2.37. The summed E-state index contributed by atoms with van der Waals surface area (Å²) in [5, 5.41) is 7.35. The van der Waals surface area contributed by atoms with E-state index in [0.29, 0.717) is 6.29 Å². The van der Waals surface area contributed by atoms with Gasteiger partial charge in [-0.15, -0.1) is 5.10 Å². The maximum atomic E-state index is 11.6. The number of likely N-dealkylation sites (N-methyl/N-ethyl adjacent to an activating group) is 1. The zero-order chi connectivity index (χ0) is 10.1. The quantitative estimate of drug-likeness (QED) is 0.595. The first kappa shape index (κ1) is 8.86. The van der Waals surface area contributed by atoms with Gasteiger partial charge in [-0.3, -0.25) is 9.59 Å². The van der Waals surface area contributed by atoms with Crippen LogP contribution in [0, 0.1) is 0 Å². The summed E-state index contributed by atoms with van der Waals surface area (Å²) in [5.41, 5.74) is 0.257. The number of aromatic nitrogens is 3. The Hall–Kier alpha value is -1.72. The highest BCUT2D eigenvalue weighted by Gasteiger charge is 2.31. The fourth-order valence-electron chi connectivity index (χ4n) is 1.55. The number of likely N-dealkylation sites (tertiary alicyclic amines) is 1. The van der Waals surface area contributed by atoms with Crippen LogP contribution in [0.4, 0.5) is 0 Å². The molecule has 0 aliphatic carbocycles. The van der Waals surface area contributed by atoms with Crippen LogP contribution in [0.5, 0.6) is 0 Å². The molecule has 1 aliphatic heterocycles. The number of rotatable bonds is 2. The van der Waals surface area contributed by atoms with Crippen LogP contribution in [0.1, 0.15) is 23.0 Å². The lowest BCUT2D eigenvalue weighted by molar-refractivity contribution is -0.129. The van der Waals surface area contributed by atoms with Crippen molar-refractivity contribution >= 4 is 12.2 Å². The smallest absolute Gasteiger partial charge is 0.247 e. The first-order chi connectivity index (χ1) is 6.72. The van der Waals surface area contributed by atoms with Gasteiger partial charge in [0.2, 0.25) is 5.91 Å². The van der Waals surface area contributed by atoms with Crippen molar-refractivity contribution in [1.82, 2.24) is 19.9 Å². The Kier molecular flexibility index (Phi) is 2.03. The lowest BCUT2D eigenvalue weighted by atomic mass is 10.2. The van der Waals surface area contributed by atoms with Crippen LogP contribution in [-0.2, 0) is 4.79 Å². The van der Waals surface area contributed by atoms with Crippen LogP contribution >= 0.6 is 0 Å². The largest absolute Gasteiger partial charge is 0.344 e. The molecule has 1 atom stereocenters. The number of carbonyl (C=O) groups is 2. The summed E-state index contributed by atoms with van der Waals surface area (Å²) in [6, 6.07) is -0.291. The van der Waals surface area contributed by atoms with E-state index >= 15 is 0 Å². The third-order valence-corrected chi connectivity index (χ3v) is 2.37. The van der Waals surface area contributed by atoms with Crippen LogP contribution < -0.4 is 0 Å². The molecule has 0 radical (unpaired) electrons. The Morgan fingerprint density at radius 3 is 2.93 bits per heavy atom. The summed E-state index contributed by atoms with van der Waals surface area (Å²) in [4.78, 5) is 23.6. The van der Waals surface area contributed by atoms with Crippen LogP contribution in [0.25, 0.3) is 0 Å². The molecule has 74 valence electrons. The van der Waals surface area contributed by atoms with Gasteiger partial charge in [-0.2, -0.15) is 0 Å².